The van der Waals surface area contributed by atoms with E-state index in [9.17, 15) is 4.79 Å². The maximum Gasteiger partial charge on any atom is 0.245 e. The van der Waals surface area contributed by atoms with Gasteiger partial charge in [0.1, 0.15) is 5.01 Å². The molecule has 0 radical (unpaired) electrons. The van der Waals surface area contributed by atoms with Crippen LogP contribution in [0.4, 0.5) is 0 Å². The average molecular weight is 383 g/mol. The molecule has 0 aliphatic carbocycles. The lowest BCUT2D eigenvalue weighted by atomic mass is 10.2. The average Bonchev–Trinajstić information content (AvgIpc) is 3.15. The summed E-state index contributed by atoms with van der Waals surface area (Å²) in [5, 5.41) is 6.11. The second kappa shape index (κ2) is 9.07. The highest BCUT2D eigenvalue weighted by atomic mass is 32.1. The first-order valence-corrected chi connectivity index (χ1v) is 9.36. The molecule has 1 aromatic heterocycles. The first-order chi connectivity index (χ1) is 12.7. The number of amides is 1. The normalized spacial score (nSPS) is 10.2. The van der Waals surface area contributed by atoms with Crippen molar-refractivity contribution in [2.45, 2.75) is 13.0 Å². The topological polar surface area (TPSA) is 66.0 Å². The SMILES string of the molecule is O=C(Cc1nc(-c2ccccc2)cs1)NNC(=S)NCc1ccccc1. The van der Waals surface area contributed by atoms with Gasteiger partial charge in [0.15, 0.2) is 5.11 Å². The van der Waals surface area contributed by atoms with Crippen LogP contribution < -0.4 is 16.2 Å². The lowest BCUT2D eigenvalue weighted by molar-refractivity contribution is -0.121. The van der Waals surface area contributed by atoms with Crippen molar-refractivity contribution in [1.29, 1.82) is 0 Å². The number of thiazole rings is 1. The van der Waals surface area contributed by atoms with E-state index in [1.54, 1.807) is 0 Å². The van der Waals surface area contributed by atoms with Crippen LogP contribution in [0.25, 0.3) is 11.3 Å². The predicted molar refractivity (Wildman–Crippen MR) is 108 cm³/mol. The van der Waals surface area contributed by atoms with Crippen LogP contribution in [0, 0.1) is 0 Å². The second-order valence-corrected chi connectivity index (χ2v) is 6.86. The Balaban J connectivity index is 1.43. The molecule has 0 fully saturated rings. The van der Waals surface area contributed by atoms with E-state index in [1.165, 1.54) is 11.3 Å². The number of thiocarbonyl (C=S) groups is 1. The fourth-order valence-electron chi connectivity index (χ4n) is 2.26. The molecule has 7 heteroatoms. The smallest absolute Gasteiger partial charge is 0.245 e. The van der Waals surface area contributed by atoms with Gasteiger partial charge in [-0.15, -0.1) is 11.3 Å². The maximum absolute atomic E-state index is 12.0. The Morgan fingerprint density at radius 1 is 1.00 bits per heavy atom. The summed E-state index contributed by atoms with van der Waals surface area (Å²) in [6, 6.07) is 19.8. The molecule has 0 bridgehead atoms. The number of aromatic nitrogens is 1. The standard InChI is InChI=1S/C19H18N4OS2/c24-17(22-23-19(25)20-12-14-7-3-1-4-8-14)11-18-21-16(13-26-18)15-9-5-2-6-10-15/h1-10,13H,11-12H2,(H,22,24)(H2,20,23,25). The Morgan fingerprint density at radius 3 is 2.42 bits per heavy atom. The number of carbonyl (C=O) groups excluding carboxylic acids is 1. The molecule has 132 valence electrons. The number of benzene rings is 2. The lowest BCUT2D eigenvalue weighted by Crippen LogP contribution is -2.47. The highest BCUT2D eigenvalue weighted by Crippen LogP contribution is 2.21. The fourth-order valence-corrected chi connectivity index (χ4v) is 3.19. The molecule has 0 atom stereocenters. The third-order valence-corrected chi connectivity index (χ3v) is 4.64. The molecule has 0 spiro atoms. The fraction of sp³-hybridized carbons (Fsp3) is 0.105. The molecule has 3 aromatic rings. The Kier molecular flexibility index (Phi) is 6.29. The van der Waals surface area contributed by atoms with Gasteiger partial charge in [-0.2, -0.15) is 0 Å². The predicted octanol–water partition coefficient (Wildman–Crippen LogP) is 3.05. The Labute approximate surface area is 161 Å². The highest BCUT2D eigenvalue weighted by Gasteiger charge is 2.09. The van der Waals surface area contributed by atoms with Crippen molar-refractivity contribution in [2.24, 2.45) is 0 Å². The number of nitrogens with one attached hydrogen (secondary N) is 3. The van der Waals surface area contributed by atoms with Gasteiger partial charge in [0.2, 0.25) is 5.91 Å². The summed E-state index contributed by atoms with van der Waals surface area (Å²) in [4.78, 5) is 16.5. The second-order valence-electron chi connectivity index (χ2n) is 5.51. The molecule has 0 unspecified atom stereocenters. The van der Waals surface area contributed by atoms with E-state index in [4.69, 9.17) is 12.2 Å². The van der Waals surface area contributed by atoms with Crippen LogP contribution in [0.1, 0.15) is 10.6 Å². The number of rotatable bonds is 5. The molecular weight excluding hydrogens is 364 g/mol. The zero-order valence-corrected chi connectivity index (χ0v) is 15.6. The van der Waals surface area contributed by atoms with Crippen molar-refractivity contribution >= 4 is 34.6 Å². The number of hydrogen-bond acceptors (Lipinski definition) is 4. The molecule has 1 heterocycles. The molecular formula is C19H18N4OS2. The summed E-state index contributed by atoms with van der Waals surface area (Å²) in [6.45, 7) is 0.593. The molecule has 1 amide bonds. The van der Waals surface area contributed by atoms with Gasteiger partial charge in [-0.25, -0.2) is 4.98 Å². The monoisotopic (exact) mass is 382 g/mol. The van der Waals surface area contributed by atoms with E-state index in [1.807, 2.05) is 66.0 Å². The minimum Gasteiger partial charge on any atom is -0.357 e. The van der Waals surface area contributed by atoms with Gasteiger partial charge in [0.05, 0.1) is 12.1 Å². The van der Waals surface area contributed by atoms with Gasteiger partial charge < -0.3 is 5.32 Å². The summed E-state index contributed by atoms with van der Waals surface area (Å²) in [5.41, 5.74) is 8.33. The van der Waals surface area contributed by atoms with Crippen LogP contribution >= 0.6 is 23.6 Å². The summed E-state index contributed by atoms with van der Waals surface area (Å²) in [7, 11) is 0. The van der Waals surface area contributed by atoms with Crippen LogP contribution in [0.15, 0.2) is 66.0 Å². The summed E-state index contributed by atoms with van der Waals surface area (Å²) < 4.78 is 0. The minimum absolute atomic E-state index is 0.192. The molecule has 0 aliphatic heterocycles. The Bertz CT molecular complexity index is 866. The van der Waals surface area contributed by atoms with E-state index in [-0.39, 0.29) is 12.3 Å². The van der Waals surface area contributed by atoms with E-state index in [0.717, 1.165) is 21.8 Å². The zero-order chi connectivity index (χ0) is 18.2. The van der Waals surface area contributed by atoms with Crippen LogP contribution in [-0.2, 0) is 17.8 Å². The van der Waals surface area contributed by atoms with Gasteiger partial charge in [-0.05, 0) is 17.8 Å². The number of carbonyl (C=O) groups is 1. The zero-order valence-electron chi connectivity index (χ0n) is 13.9. The number of nitrogens with zero attached hydrogens (tertiary/aromatic N) is 1. The molecule has 0 saturated heterocycles. The molecule has 26 heavy (non-hydrogen) atoms. The van der Waals surface area contributed by atoms with Crippen molar-refractivity contribution in [2.75, 3.05) is 0 Å². The third-order valence-electron chi connectivity index (χ3n) is 3.54. The van der Waals surface area contributed by atoms with Crippen molar-refractivity contribution in [3.8, 4) is 11.3 Å². The van der Waals surface area contributed by atoms with Crippen molar-refractivity contribution in [3.05, 3.63) is 76.6 Å². The van der Waals surface area contributed by atoms with Crippen molar-refractivity contribution < 1.29 is 4.79 Å². The molecule has 3 N–H and O–H groups in total. The number of hydrogen-bond donors (Lipinski definition) is 3. The van der Waals surface area contributed by atoms with Crippen LogP contribution in [-0.4, -0.2) is 16.0 Å². The van der Waals surface area contributed by atoms with E-state index in [0.29, 0.717) is 11.7 Å². The van der Waals surface area contributed by atoms with Gasteiger partial charge in [-0.3, -0.25) is 15.6 Å². The maximum atomic E-state index is 12.0. The molecule has 0 saturated carbocycles. The van der Waals surface area contributed by atoms with Gasteiger partial charge in [-0.1, -0.05) is 60.7 Å². The third kappa shape index (κ3) is 5.37. The minimum atomic E-state index is -0.192. The highest BCUT2D eigenvalue weighted by molar-refractivity contribution is 7.80. The van der Waals surface area contributed by atoms with E-state index < -0.39 is 0 Å². The first kappa shape index (κ1) is 18.0. The summed E-state index contributed by atoms with van der Waals surface area (Å²) >= 11 is 6.62. The van der Waals surface area contributed by atoms with Crippen molar-refractivity contribution in [1.82, 2.24) is 21.2 Å². The van der Waals surface area contributed by atoms with Gasteiger partial charge >= 0.3 is 0 Å². The van der Waals surface area contributed by atoms with E-state index in [2.05, 4.69) is 21.2 Å². The van der Waals surface area contributed by atoms with Crippen LogP contribution in [0.5, 0.6) is 0 Å². The summed E-state index contributed by atoms with van der Waals surface area (Å²) in [6.07, 6.45) is 0.200. The largest absolute Gasteiger partial charge is 0.357 e. The Morgan fingerprint density at radius 2 is 1.69 bits per heavy atom. The van der Waals surface area contributed by atoms with Crippen molar-refractivity contribution in [3.63, 3.8) is 0 Å². The van der Waals surface area contributed by atoms with Gasteiger partial charge in [0, 0.05) is 17.5 Å². The molecule has 5 nitrogen and oxygen atoms in total. The molecule has 2 aromatic carbocycles. The van der Waals surface area contributed by atoms with Gasteiger partial charge in [0.25, 0.3) is 0 Å². The lowest BCUT2D eigenvalue weighted by Gasteiger charge is -2.11. The molecule has 3 rings (SSSR count). The Hall–Kier alpha value is -2.77. The van der Waals surface area contributed by atoms with E-state index >= 15 is 0 Å². The number of hydrazine groups is 1. The first-order valence-electron chi connectivity index (χ1n) is 8.07. The quantitative estimate of drug-likeness (QED) is 0.468. The van der Waals surface area contributed by atoms with Crippen LogP contribution in [0.2, 0.25) is 0 Å². The molecule has 0 aliphatic rings. The summed E-state index contributed by atoms with van der Waals surface area (Å²) in [5.74, 6) is -0.192. The van der Waals surface area contributed by atoms with Crippen LogP contribution in [0.3, 0.4) is 0 Å².